The van der Waals surface area contributed by atoms with Gasteiger partial charge >= 0.3 is 0 Å². The molecule has 6 nitrogen and oxygen atoms in total. The van der Waals surface area contributed by atoms with Crippen LogP contribution in [0.25, 0.3) is 22.5 Å². The maximum atomic E-state index is 4.79. The summed E-state index contributed by atoms with van der Waals surface area (Å²) in [5, 5.41) is 4.66. The van der Waals surface area contributed by atoms with Crippen LogP contribution in [0.3, 0.4) is 0 Å². The van der Waals surface area contributed by atoms with E-state index in [9.17, 15) is 0 Å². The third-order valence-electron chi connectivity index (χ3n) is 4.96. The van der Waals surface area contributed by atoms with Crippen molar-refractivity contribution in [3.05, 3.63) is 72.8 Å². The first-order chi connectivity index (χ1) is 13.7. The van der Waals surface area contributed by atoms with Crippen LogP contribution < -0.4 is 0 Å². The summed E-state index contributed by atoms with van der Waals surface area (Å²) < 4.78 is 4.21. The van der Waals surface area contributed by atoms with Gasteiger partial charge < -0.3 is 4.57 Å². The van der Waals surface area contributed by atoms with Gasteiger partial charge in [-0.05, 0) is 20.8 Å². The molecule has 0 fully saturated rings. The van der Waals surface area contributed by atoms with Gasteiger partial charge in [0.15, 0.2) is 0 Å². The zero-order valence-electron chi connectivity index (χ0n) is 16.4. The summed E-state index contributed by atoms with van der Waals surface area (Å²) >= 11 is 0. The van der Waals surface area contributed by atoms with Crippen molar-refractivity contribution in [3.63, 3.8) is 0 Å². The summed E-state index contributed by atoms with van der Waals surface area (Å²) in [6.07, 6.45) is 10.1. The number of rotatable bonds is 6. The SMILES string of the molecule is CCn1cc(-c2c(-c3ccccc3)ncn2[C@@H](C)Cc2cnccn2)c(C)n1. The third kappa shape index (κ3) is 3.45. The summed E-state index contributed by atoms with van der Waals surface area (Å²) in [7, 11) is 0. The Hall–Kier alpha value is -3.28. The van der Waals surface area contributed by atoms with E-state index >= 15 is 0 Å². The average molecular weight is 372 g/mol. The number of benzene rings is 1. The maximum Gasteiger partial charge on any atom is 0.0964 e. The minimum absolute atomic E-state index is 0.182. The Morgan fingerprint density at radius 1 is 1.07 bits per heavy atom. The van der Waals surface area contributed by atoms with Crippen molar-refractivity contribution in [1.82, 2.24) is 29.3 Å². The van der Waals surface area contributed by atoms with Crippen LogP contribution in [0.5, 0.6) is 0 Å². The molecule has 0 aliphatic carbocycles. The molecule has 0 aliphatic rings. The van der Waals surface area contributed by atoms with Gasteiger partial charge in [-0.1, -0.05) is 30.3 Å². The van der Waals surface area contributed by atoms with Crippen molar-refractivity contribution >= 4 is 0 Å². The van der Waals surface area contributed by atoms with Gasteiger partial charge in [-0.15, -0.1) is 0 Å². The Morgan fingerprint density at radius 2 is 1.89 bits per heavy atom. The standard InChI is InChI=1S/C22H24N6/c1-4-27-14-20(17(3)26-27)22-21(18-8-6-5-7-9-18)25-15-28(22)16(2)12-19-13-23-10-11-24-19/h5-11,13-16H,4,12H2,1-3H3/t16-/m0/s1. The first-order valence-electron chi connectivity index (χ1n) is 9.59. The molecule has 4 rings (SSSR count). The van der Waals surface area contributed by atoms with E-state index in [1.54, 1.807) is 12.4 Å². The number of imidazole rings is 1. The summed E-state index contributed by atoms with van der Waals surface area (Å²) in [5.41, 5.74) is 6.27. The van der Waals surface area contributed by atoms with Gasteiger partial charge in [0, 0.05) is 54.9 Å². The Labute approximate surface area is 164 Å². The molecule has 0 spiro atoms. The lowest BCUT2D eigenvalue weighted by Gasteiger charge is -2.17. The molecule has 1 aromatic carbocycles. The maximum absolute atomic E-state index is 4.79. The van der Waals surface area contributed by atoms with Crippen LogP contribution in [0, 0.1) is 6.92 Å². The van der Waals surface area contributed by atoms with Crippen molar-refractivity contribution in [2.45, 2.75) is 39.8 Å². The number of nitrogens with zero attached hydrogens (tertiary/aromatic N) is 6. The van der Waals surface area contributed by atoms with Gasteiger partial charge in [-0.3, -0.25) is 14.6 Å². The van der Waals surface area contributed by atoms with Gasteiger partial charge in [0.2, 0.25) is 0 Å². The molecule has 0 unspecified atom stereocenters. The first-order valence-corrected chi connectivity index (χ1v) is 9.59. The topological polar surface area (TPSA) is 61.4 Å². The fourth-order valence-corrected chi connectivity index (χ4v) is 3.52. The van der Waals surface area contributed by atoms with Gasteiger partial charge in [0.25, 0.3) is 0 Å². The highest BCUT2D eigenvalue weighted by atomic mass is 15.3. The van der Waals surface area contributed by atoms with Crippen LogP contribution in [-0.4, -0.2) is 29.3 Å². The molecule has 0 saturated heterocycles. The zero-order valence-corrected chi connectivity index (χ0v) is 16.4. The average Bonchev–Trinajstić information content (AvgIpc) is 3.32. The Kier molecular flexibility index (Phi) is 5.02. The molecule has 4 aromatic rings. The number of hydrogen-bond donors (Lipinski definition) is 0. The predicted octanol–water partition coefficient (Wildman–Crippen LogP) is 4.34. The number of aromatic nitrogens is 6. The first kappa shape index (κ1) is 18.1. The largest absolute Gasteiger partial charge is 0.327 e. The highest BCUT2D eigenvalue weighted by Gasteiger charge is 2.22. The molecular formula is C22H24N6. The lowest BCUT2D eigenvalue weighted by atomic mass is 10.0. The molecule has 0 bridgehead atoms. The number of aryl methyl sites for hydroxylation is 2. The molecule has 28 heavy (non-hydrogen) atoms. The fourth-order valence-electron chi connectivity index (χ4n) is 3.52. The lowest BCUT2D eigenvalue weighted by Crippen LogP contribution is -2.10. The normalized spacial score (nSPS) is 12.2. The van der Waals surface area contributed by atoms with Crippen molar-refractivity contribution in [1.29, 1.82) is 0 Å². The van der Waals surface area contributed by atoms with E-state index in [4.69, 9.17) is 4.98 Å². The Bertz CT molecular complexity index is 1050. The van der Waals surface area contributed by atoms with Crippen LogP contribution in [0.2, 0.25) is 0 Å². The fraction of sp³-hybridized carbons (Fsp3) is 0.273. The van der Waals surface area contributed by atoms with Gasteiger partial charge in [-0.2, -0.15) is 5.10 Å². The molecule has 0 N–H and O–H groups in total. The smallest absolute Gasteiger partial charge is 0.0964 e. The van der Waals surface area contributed by atoms with Crippen LogP contribution in [0.4, 0.5) is 0 Å². The highest BCUT2D eigenvalue weighted by molar-refractivity contribution is 5.79. The monoisotopic (exact) mass is 372 g/mol. The van der Waals surface area contributed by atoms with Crippen LogP contribution >= 0.6 is 0 Å². The molecule has 3 aromatic heterocycles. The minimum atomic E-state index is 0.182. The second-order valence-electron chi connectivity index (χ2n) is 6.95. The van der Waals surface area contributed by atoms with Gasteiger partial charge in [0.05, 0.1) is 29.1 Å². The van der Waals surface area contributed by atoms with Crippen LogP contribution in [0.15, 0.2) is 61.4 Å². The van der Waals surface area contributed by atoms with Crippen molar-refractivity contribution in [2.24, 2.45) is 0 Å². The van der Waals surface area contributed by atoms with Crippen molar-refractivity contribution < 1.29 is 0 Å². The molecular weight excluding hydrogens is 348 g/mol. The number of hydrogen-bond acceptors (Lipinski definition) is 4. The minimum Gasteiger partial charge on any atom is -0.327 e. The molecule has 3 heterocycles. The molecule has 6 heteroatoms. The third-order valence-corrected chi connectivity index (χ3v) is 4.96. The molecule has 0 aliphatic heterocycles. The molecule has 0 saturated carbocycles. The summed E-state index contributed by atoms with van der Waals surface area (Å²) in [5.74, 6) is 0. The van der Waals surface area contributed by atoms with Crippen LogP contribution in [0.1, 0.15) is 31.3 Å². The molecule has 0 radical (unpaired) electrons. The van der Waals surface area contributed by atoms with Crippen LogP contribution in [-0.2, 0) is 13.0 Å². The van der Waals surface area contributed by atoms with E-state index in [-0.39, 0.29) is 6.04 Å². The lowest BCUT2D eigenvalue weighted by molar-refractivity contribution is 0.541. The van der Waals surface area contributed by atoms with E-state index in [0.717, 1.165) is 46.9 Å². The second kappa shape index (κ2) is 7.76. The summed E-state index contributed by atoms with van der Waals surface area (Å²) in [6.45, 7) is 7.18. The predicted molar refractivity (Wildman–Crippen MR) is 110 cm³/mol. The van der Waals surface area contributed by atoms with E-state index in [2.05, 4.69) is 58.7 Å². The molecule has 0 amide bonds. The Balaban J connectivity index is 1.82. The van der Waals surface area contributed by atoms with E-state index in [1.165, 1.54) is 0 Å². The zero-order chi connectivity index (χ0) is 19.5. The van der Waals surface area contributed by atoms with E-state index in [0.29, 0.717) is 0 Å². The van der Waals surface area contributed by atoms with E-state index in [1.807, 2.05) is 35.4 Å². The summed E-state index contributed by atoms with van der Waals surface area (Å²) in [4.78, 5) is 13.4. The molecule has 142 valence electrons. The summed E-state index contributed by atoms with van der Waals surface area (Å²) in [6, 6.07) is 10.5. The van der Waals surface area contributed by atoms with Gasteiger partial charge in [0.1, 0.15) is 0 Å². The molecule has 1 atom stereocenters. The quantitative estimate of drug-likeness (QED) is 0.505. The van der Waals surface area contributed by atoms with Crippen molar-refractivity contribution in [3.8, 4) is 22.5 Å². The van der Waals surface area contributed by atoms with E-state index < -0.39 is 0 Å². The highest BCUT2D eigenvalue weighted by Crippen LogP contribution is 2.35. The Morgan fingerprint density at radius 3 is 2.57 bits per heavy atom. The van der Waals surface area contributed by atoms with Crippen molar-refractivity contribution in [2.75, 3.05) is 0 Å². The van der Waals surface area contributed by atoms with Gasteiger partial charge in [-0.25, -0.2) is 4.98 Å². The second-order valence-corrected chi connectivity index (χ2v) is 6.95.